The molecule has 0 aliphatic carbocycles. The highest BCUT2D eigenvalue weighted by atomic mass is 16.7. The van der Waals surface area contributed by atoms with Crippen LogP contribution in [0.4, 0.5) is 4.79 Å². The Labute approximate surface area is 124 Å². The molecule has 2 heterocycles. The van der Waals surface area contributed by atoms with Gasteiger partial charge in [-0.3, -0.25) is 0 Å². The zero-order chi connectivity index (χ0) is 14.5. The van der Waals surface area contributed by atoms with E-state index >= 15 is 0 Å². The van der Waals surface area contributed by atoms with Crippen molar-refractivity contribution < 1.29 is 19.0 Å². The van der Waals surface area contributed by atoms with Gasteiger partial charge in [0.05, 0.1) is 19.3 Å². The molecule has 2 atom stereocenters. The number of ether oxygens (including phenoxy) is 3. The van der Waals surface area contributed by atoms with E-state index in [1.54, 1.807) is 0 Å². The average molecular weight is 291 g/mol. The maximum atomic E-state index is 11.5. The lowest BCUT2D eigenvalue weighted by molar-refractivity contribution is -0.0537. The Balaban J connectivity index is 1.48. The van der Waals surface area contributed by atoms with Gasteiger partial charge < -0.3 is 19.5 Å². The number of benzene rings is 1. The van der Waals surface area contributed by atoms with Crippen molar-refractivity contribution in [2.45, 2.75) is 44.1 Å². The van der Waals surface area contributed by atoms with Gasteiger partial charge in [-0.05, 0) is 24.8 Å². The largest absolute Gasteiger partial charge is 0.444 e. The number of hydrogen-bond donors (Lipinski definition) is 1. The van der Waals surface area contributed by atoms with Crippen LogP contribution in [0.5, 0.6) is 0 Å². The van der Waals surface area contributed by atoms with E-state index in [4.69, 9.17) is 14.2 Å². The number of aryl methyl sites for hydroxylation is 1. The third-order valence-corrected chi connectivity index (χ3v) is 3.97. The van der Waals surface area contributed by atoms with E-state index in [1.165, 1.54) is 5.56 Å². The molecule has 0 spiro atoms. The number of amides is 1. The van der Waals surface area contributed by atoms with Crippen molar-refractivity contribution in [1.29, 1.82) is 0 Å². The molecule has 2 aliphatic rings. The van der Waals surface area contributed by atoms with Crippen molar-refractivity contribution in [1.82, 2.24) is 5.32 Å². The minimum absolute atomic E-state index is 0.0686. The van der Waals surface area contributed by atoms with Gasteiger partial charge >= 0.3 is 6.09 Å². The Kier molecular flexibility index (Phi) is 4.72. The highest BCUT2D eigenvalue weighted by Gasteiger charge is 2.34. The van der Waals surface area contributed by atoms with Gasteiger partial charge in [0.1, 0.15) is 6.10 Å². The van der Waals surface area contributed by atoms with Crippen LogP contribution >= 0.6 is 0 Å². The lowest BCUT2D eigenvalue weighted by Gasteiger charge is -2.18. The quantitative estimate of drug-likeness (QED) is 0.873. The first-order chi connectivity index (χ1) is 10.3. The van der Waals surface area contributed by atoms with Gasteiger partial charge in [0.15, 0.2) is 6.29 Å². The molecule has 1 amide bonds. The van der Waals surface area contributed by atoms with Crippen LogP contribution in [0.15, 0.2) is 30.3 Å². The summed E-state index contributed by atoms with van der Waals surface area (Å²) in [4.78, 5) is 11.5. The summed E-state index contributed by atoms with van der Waals surface area (Å²) in [5, 5.41) is 2.91. The summed E-state index contributed by atoms with van der Waals surface area (Å²) in [5.74, 6) is 0. The van der Waals surface area contributed by atoms with Crippen molar-refractivity contribution in [2.24, 2.45) is 0 Å². The van der Waals surface area contributed by atoms with E-state index in [1.807, 2.05) is 18.2 Å². The van der Waals surface area contributed by atoms with E-state index in [0.717, 1.165) is 25.7 Å². The van der Waals surface area contributed by atoms with E-state index in [-0.39, 0.29) is 24.5 Å². The van der Waals surface area contributed by atoms with E-state index < -0.39 is 0 Å². The molecule has 2 fully saturated rings. The van der Waals surface area contributed by atoms with Crippen molar-refractivity contribution in [3.63, 3.8) is 0 Å². The number of carbonyl (C=O) groups is 1. The Hall–Kier alpha value is -1.59. The monoisotopic (exact) mass is 291 g/mol. The topological polar surface area (TPSA) is 56.8 Å². The molecular weight excluding hydrogens is 270 g/mol. The van der Waals surface area contributed by atoms with Crippen molar-refractivity contribution in [3.05, 3.63) is 35.9 Å². The van der Waals surface area contributed by atoms with Crippen LogP contribution in [0.25, 0.3) is 0 Å². The molecule has 114 valence electrons. The first kappa shape index (κ1) is 14.4. The van der Waals surface area contributed by atoms with Crippen LogP contribution in [0.3, 0.4) is 0 Å². The summed E-state index contributed by atoms with van der Waals surface area (Å²) in [6.07, 6.45) is 2.80. The second-order valence-corrected chi connectivity index (χ2v) is 5.47. The second-order valence-electron chi connectivity index (χ2n) is 5.47. The molecule has 1 N–H and O–H groups in total. The Morgan fingerprint density at radius 2 is 1.81 bits per heavy atom. The molecule has 1 aromatic carbocycles. The smallest absolute Gasteiger partial charge is 0.407 e. The number of nitrogens with one attached hydrogen (secondary N) is 1. The lowest BCUT2D eigenvalue weighted by Crippen LogP contribution is -2.32. The fraction of sp³-hybridized carbons (Fsp3) is 0.562. The summed E-state index contributed by atoms with van der Waals surface area (Å²) in [7, 11) is 0. The molecular formula is C16H21NO4. The first-order valence-electron chi connectivity index (χ1n) is 7.55. The Morgan fingerprint density at radius 1 is 1.05 bits per heavy atom. The molecule has 0 radical (unpaired) electrons. The zero-order valence-electron chi connectivity index (χ0n) is 12.0. The van der Waals surface area contributed by atoms with E-state index in [9.17, 15) is 4.79 Å². The molecule has 0 aromatic heterocycles. The van der Waals surface area contributed by atoms with Gasteiger partial charge in [-0.15, -0.1) is 0 Å². The lowest BCUT2D eigenvalue weighted by atomic mass is 9.99. The normalized spacial score (nSPS) is 25.8. The van der Waals surface area contributed by atoms with Crippen molar-refractivity contribution >= 4 is 6.09 Å². The first-order valence-corrected chi connectivity index (χ1v) is 7.55. The average Bonchev–Trinajstić information content (AvgIpc) is 3.13. The highest BCUT2D eigenvalue weighted by Crippen LogP contribution is 2.21. The maximum absolute atomic E-state index is 11.5. The molecule has 21 heavy (non-hydrogen) atoms. The summed E-state index contributed by atoms with van der Waals surface area (Å²) in [6.45, 7) is 1.32. The van der Waals surface area contributed by atoms with E-state index in [2.05, 4.69) is 17.4 Å². The van der Waals surface area contributed by atoms with Gasteiger partial charge in [0, 0.05) is 6.42 Å². The summed E-state index contributed by atoms with van der Waals surface area (Å²) in [5.41, 5.74) is 1.28. The van der Waals surface area contributed by atoms with Crippen molar-refractivity contribution in [2.75, 3.05) is 13.2 Å². The fourth-order valence-corrected chi connectivity index (χ4v) is 2.86. The van der Waals surface area contributed by atoms with Crippen LogP contribution in [0, 0.1) is 0 Å². The van der Waals surface area contributed by atoms with Gasteiger partial charge in [0.2, 0.25) is 0 Å². The Bertz CT molecular complexity index is 459. The zero-order valence-corrected chi connectivity index (χ0v) is 12.0. The number of rotatable bonds is 6. The SMILES string of the molecule is O=C1N[C@H](CCc2ccccc2)[C@H](CCC2OCCO2)O1. The van der Waals surface area contributed by atoms with Crippen LogP contribution in [-0.4, -0.2) is 37.7 Å². The molecule has 0 bridgehead atoms. The standard InChI is InChI=1S/C16H21NO4/c18-16-17-13(7-6-12-4-2-1-3-5-12)14(21-16)8-9-15-19-10-11-20-15/h1-5,13-15H,6-11H2,(H,17,18)/t13-,14+/m1/s1. The number of cyclic esters (lactones) is 1. The predicted octanol–water partition coefficient (Wildman–Crippen LogP) is 2.25. The molecule has 0 unspecified atom stereocenters. The van der Waals surface area contributed by atoms with Crippen LogP contribution in [0.2, 0.25) is 0 Å². The molecule has 3 rings (SSSR count). The Morgan fingerprint density at radius 3 is 2.57 bits per heavy atom. The summed E-state index contributed by atoms with van der Waals surface area (Å²) in [6, 6.07) is 10.4. The minimum Gasteiger partial charge on any atom is -0.444 e. The molecule has 2 saturated heterocycles. The predicted molar refractivity (Wildman–Crippen MR) is 76.9 cm³/mol. The van der Waals surface area contributed by atoms with Crippen LogP contribution in [0.1, 0.15) is 24.8 Å². The molecule has 5 heteroatoms. The number of hydrogen-bond acceptors (Lipinski definition) is 4. The number of carbonyl (C=O) groups excluding carboxylic acids is 1. The summed E-state index contributed by atoms with van der Waals surface area (Å²) >= 11 is 0. The van der Waals surface area contributed by atoms with Crippen LogP contribution < -0.4 is 5.32 Å². The molecule has 2 aliphatic heterocycles. The molecule has 1 aromatic rings. The van der Waals surface area contributed by atoms with Gasteiger partial charge in [-0.25, -0.2) is 4.79 Å². The number of alkyl carbamates (subject to hydrolysis) is 1. The molecule has 5 nitrogen and oxygen atoms in total. The van der Waals surface area contributed by atoms with Gasteiger partial charge in [-0.2, -0.15) is 0 Å². The third kappa shape index (κ3) is 3.95. The minimum atomic E-state index is -0.314. The third-order valence-electron chi connectivity index (χ3n) is 3.97. The van der Waals surface area contributed by atoms with E-state index in [0.29, 0.717) is 13.2 Å². The second kappa shape index (κ2) is 6.91. The van der Waals surface area contributed by atoms with Gasteiger partial charge in [-0.1, -0.05) is 30.3 Å². The summed E-state index contributed by atoms with van der Waals surface area (Å²) < 4.78 is 16.2. The fourth-order valence-electron chi connectivity index (χ4n) is 2.86. The van der Waals surface area contributed by atoms with Gasteiger partial charge in [0.25, 0.3) is 0 Å². The maximum Gasteiger partial charge on any atom is 0.407 e. The van der Waals surface area contributed by atoms with Crippen LogP contribution in [-0.2, 0) is 20.6 Å². The van der Waals surface area contributed by atoms with Crippen molar-refractivity contribution in [3.8, 4) is 0 Å². The highest BCUT2D eigenvalue weighted by molar-refractivity contribution is 5.70. The molecule has 0 saturated carbocycles.